The third kappa shape index (κ3) is 3.57. The van der Waals surface area contributed by atoms with Gasteiger partial charge in [-0.1, -0.05) is 24.3 Å². The van der Waals surface area contributed by atoms with Gasteiger partial charge in [0.05, 0.1) is 0 Å². The number of alkyl halides is 2. The second kappa shape index (κ2) is 7.48. The van der Waals surface area contributed by atoms with Crippen LogP contribution in [0.5, 0.6) is 0 Å². The van der Waals surface area contributed by atoms with Crippen LogP contribution in [0.15, 0.2) is 24.3 Å². The Morgan fingerprint density at radius 2 is 1.60 bits per heavy atom. The average Bonchev–Trinajstić information content (AvgIpc) is 3.26. The fraction of sp³-hybridized carbons (Fsp3) is 0.654. The number of likely N-dealkylation sites (tertiary alicyclic amines) is 2. The summed E-state index contributed by atoms with van der Waals surface area (Å²) in [6.45, 7) is 3.10. The van der Waals surface area contributed by atoms with Crippen molar-refractivity contribution in [1.29, 1.82) is 0 Å². The van der Waals surface area contributed by atoms with Gasteiger partial charge in [0.1, 0.15) is 11.4 Å². The van der Waals surface area contributed by atoms with Crippen molar-refractivity contribution in [2.45, 2.75) is 68.3 Å². The topological polar surface area (TPSA) is 85.3 Å². The molecule has 1 aromatic carbocycles. The van der Waals surface area contributed by atoms with E-state index >= 15 is 0 Å². The summed E-state index contributed by atoms with van der Waals surface area (Å²) in [7, 11) is 0. The molecule has 2 amide bonds. The summed E-state index contributed by atoms with van der Waals surface area (Å²) in [5.41, 5.74) is 1.83. The quantitative estimate of drug-likeness (QED) is 0.675. The second-order valence-corrected chi connectivity index (χ2v) is 11.9. The number of H-pyrrole nitrogens is 1. The lowest BCUT2D eigenvalue weighted by Gasteiger charge is -2.59. The molecule has 0 unspecified atom stereocenters. The Balaban J connectivity index is 0.862. The van der Waals surface area contributed by atoms with E-state index in [-0.39, 0.29) is 17.4 Å². The minimum Gasteiger partial charge on any atom is -0.382 e. The highest BCUT2D eigenvalue weighted by Gasteiger charge is 2.56. The van der Waals surface area contributed by atoms with Gasteiger partial charge in [-0.15, -0.1) is 10.2 Å². The third-order valence-electron chi connectivity index (χ3n) is 9.30. The van der Waals surface area contributed by atoms with Crippen molar-refractivity contribution in [3.63, 3.8) is 0 Å². The van der Waals surface area contributed by atoms with Crippen molar-refractivity contribution in [1.82, 2.24) is 25.0 Å². The number of nitrogens with one attached hydrogen (secondary N) is 1. The van der Waals surface area contributed by atoms with Gasteiger partial charge in [0, 0.05) is 49.3 Å². The minimum atomic E-state index is -2.20. The first-order chi connectivity index (χ1) is 16.8. The summed E-state index contributed by atoms with van der Waals surface area (Å²) < 4.78 is 25.4. The van der Waals surface area contributed by atoms with Crippen LogP contribution < -0.4 is 0 Å². The smallest absolute Gasteiger partial charge is 0.320 e. The van der Waals surface area contributed by atoms with Crippen molar-refractivity contribution in [2.75, 3.05) is 26.2 Å². The second-order valence-electron chi connectivity index (χ2n) is 11.9. The molecule has 35 heavy (non-hydrogen) atoms. The number of hydrogen-bond acceptors (Lipinski definition) is 4. The number of nitrogens with zero attached hydrogens (tertiary/aromatic N) is 4. The SMILES string of the molecule is O=C(N1CC(c2ccc(C3CC(C(F)F)C3)cc2)C1)N1CC2(CC(c3nnc(C4(O)CC4)[nH]3)C2)C1. The normalized spacial score (nSPS) is 28.9. The fourth-order valence-corrected chi connectivity index (χ4v) is 6.59. The molecule has 3 heterocycles. The molecule has 5 aliphatic rings. The van der Waals surface area contributed by atoms with Gasteiger partial charge in [0.25, 0.3) is 0 Å². The van der Waals surface area contributed by atoms with Crippen LogP contribution in [-0.2, 0) is 5.60 Å². The molecule has 7 rings (SSSR count). The number of amides is 2. The third-order valence-corrected chi connectivity index (χ3v) is 9.30. The molecule has 3 aliphatic carbocycles. The summed E-state index contributed by atoms with van der Waals surface area (Å²) in [6.07, 6.45) is 2.50. The Morgan fingerprint density at radius 1 is 0.971 bits per heavy atom. The Morgan fingerprint density at radius 3 is 2.20 bits per heavy atom. The van der Waals surface area contributed by atoms with E-state index in [1.807, 2.05) is 9.80 Å². The minimum absolute atomic E-state index is 0.136. The van der Waals surface area contributed by atoms with E-state index in [1.54, 1.807) is 0 Å². The number of carbonyl (C=O) groups excluding carboxylic acids is 1. The van der Waals surface area contributed by atoms with E-state index in [4.69, 9.17) is 0 Å². The van der Waals surface area contributed by atoms with Crippen LogP contribution in [0.2, 0.25) is 0 Å². The van der Waals surface area contributed by atoms with Gasteiger partial charge in [-0.2, -0.15) is 0 Å². The summed E-state index contributed by atoms with van der Waals surface area (Å²) in [5, 5.41) is 18.6. The van der Waals surface area contributed by atoms with Crippen molar-refractivity contribution in [2.24, 2.45) is 11.3 Å². The molecular weight excluding hydrogens is 452 g/mol. The van der Waals surface area contributed by atoms with Gasteiger partial charge < -0.3 is 19.9 Å². The first kappa shape index (κ1) is 21.7. The van der Waals surface area contributed by atoms with Crippen molar-refractivity contribution < 1.29 is 18.7 Å². The molecule has 0 atom stereocenters. The van der Waals surface area contributed by atoms with Gasteiger partial charge >= 0.3 is 6.03 Å². The van der Waals surface area contributed by atoms with E-state index in [2.05, 4.69) is 39.4 Å². The molecule has 7 nitrogen and oxygen atoms in total. The molecular formula is C26H31F2N5O2. The zero-order chi connectivity index (χ0) is 23.9. The van der Waals surface area contributed by atoms with Crippen LogP contribution in [0.25, 0.3) is 0 Å². The van der Waals surface area contributed by atoms with E-state index in [0.29, 0.717) is 30.5 Å². The highest BCUT2D eigenvalue weighted by molar-refractivity contribution is 5.77. The van der Waals surface area contributed by atoms with Gasteiger partial charge in [-0.25, -0.2) is 13.6 Å². The number of halogens is 2. The van der Waals surface area contributed by atoms with Gasteiger partial charge in [-0.05, 0) is 55.6 Å². The van der Waals surface area contributed by atoms with Crippen LogP contribution in [0, 0.1) is 11.3 Å². The van der Waals surface area contributed by atoms with Crippen molar-refractivity contribution in [3.05, 3.63) is 47.0 Å². The molecule has 5 fully saturated rings. The monoisotopic (exact) mass is 483 g/mol. The lowest BCUT2D eigenvalue weighted by molar-refractivity contribution is -0.0602. The van der Waals surface area contributed by atoms with Crippen molar-refractivity contribution >= 4 is 6.03 Å². The molecule has 1 aromatic heterocycles. The number of carbonyl (C=O) groups is 1. The van der Waals surface area contributed by atoms with E-state index in [1.165, 1.54) is 5.56 Å². The first-order valence-electron chi connectivity index (χ1n) is 12.9. The average molecular weight is 484 g/mol. The maximum absolute atomic E-state index is 12.9. The van der Waals surface area contributed by atoms with Gasteiger partial charge in [0.15, 0.2) is 5.82 Å². The molecule has 3 saturated carbocycles. The number of hydrogen-bond donors (Lipinski definition) is 2. The number of aromatic nitrogens is 3. The maximum Gasteiger partial charge on any atom is 0.320 e. The van der Waals surface area contributed by atoms with E-state index in [9.17, 15) is 18.7 Å². The summed E-state index contributed by atoms with van der Waals surface area (Å²) in [5.74, 6) is 2.00. The summed E-state index contributed by atoms with van der Waals surface area (Å²) in [4.78, 5) is 20.0. The molecule has 0 bridgehead atoms. The van der Waals surface area contributed by atoms with Crippen LogP contribution in [0.1, 0.15) is 79.1 Å². The molecule has 2 saturated heterocycles. The highest BCUT2D eigenvalue weighted by Crippen LogP contribution is 2.56. The molecule has 2 N–H and O–H groups in total. The highest BCUT2D eigenvalue weighted by atomic mass is 19.3. The number of urea groups is 1. The number of aliphatic hydroxyl groups is 1. The maximum atomic E-state index is 12.9. The Bertz CT molecular complexity index is 1120. The molecule has 2 aliphatic heterocycles. The molecule has 1 spiro atoms. The zero-order valence-corrected chi connectivity index (χ0v) is 19.7. The fourth-order valence-electron chi connectivity index (χ4n) is 6.59. The summed E-state index contributed by atoms with van der Waals surface area (Å²) in [6, 6.07) is 8.53. The lowest BCUT2D eigenvalue weighted by Crippen LogP contribution is -2.67. The predicted molar refractivity (Wildman–Crippen MR) is 123 cm³/mol. The lowest BCUT2D eigenvalue weighted by atomic mass is 9.57. The summed E-state index contributed by atoms with van der Waals surface area (Å²) >= 11 is 0. The zero-order valence-electron chi connectivity index (χ0n) is 19.7. The van der Waals surface area contributed by atoms with Gasteiger partial charge in [-0.3, -0.25) is 0 Å². The van der Waals surface area contributed by atoms with E-state index in [0.717, 1.165) is 63.3 Å². The van der Waals surface area contributed by atoms with Gasteiger partial charge in [0.2, 0.25) is 6.43 Å². The van der Waals surface area contributed by atoms with E-state index < -0.39 is 17.9 Å². The number of benzene rings is 1. The molecule has 2 aromatic rings. The van der Waals surface area contributed by atoms with Crippen molar-refractivity contribution in [3.8, 4) is 0 Å². The predicted octanol–water partition coefficient (Wildman–Crippen LogP) is 3.94. The van der Waals surface area contributed by atoms with Crippen LogP contribution in [-0.4, -0.2) is 68.7 Å². The standard InChI is InChI=1S/C26H31F2N5O2/c27-21(28)18-7-17(8-18)15-1-3-16(4-2-15)20-11-32(12-20)24(34)33-13-25(14-33)9-19(10-25)22-29-23(31-30-22)26(35)5-6-26/h1-4,17-21,35H,5-14H2,(H,29,30,31). The van der Waals surface area contributed by atoms with Crippen LogP contribution in [0.3, 0.4) is 0 Å². The Hall–Kier alpha value is -2.55. The Kier molecular flexibility index (Phi) is 4.64. The largest absolute Gasteiger partial charge is 0.382 e. The first-order valence-corrected chi connectivity index (χ1v) is 12.9. The van der Waals surface area contributed by atoms with Crippen LogP contribution in [0.4, 0.5) is 13.6 Å². The Labute approximate surface area is 202 Å². The van der Waals surface area contributed by atoms with Crippen LogP contribution >= 0.6 is 0 Å². The molecule has 9 heteroatoms. The molecule has 0 radical (unpaired) electrons. The number of rotatable bonds is 5. The number of aromatic amines is 1. The molecule has 186 valence electrons.